The Hall–Kier alpha value is -1.45. The molecule has 3 unspecified atom stereocenters. The molecule has 178 valence electrons. The van der Waals surface area contributed by atoms with Crippen molar-refractivity contribution in [2.45, 2.75) is 117 Å². The fourth-order valence-electron chi connectivity index (χ4n) is 7.54. The van der Waals surface area contributed by atoms with E-state index >= 15 is 0 Å². The highest BCUT2D eigenvalue weighted by atomic mass is 16.5. The molecule has 0 saturated heterocycles. The van der Waals surface area contributed by atoms with Crippen LogP contribution in [0.5, 0.6) is 0 Å². The fourth-order valence-corrected chi connectivity index (χ4v) is 7.54. The average Bonchev–Trinajstić information content (AvgIpc) is 3.06. The van der Waals surface area contributed by atoms with Crippen LogP contribution in [0, 0.1) is 28.6 Å². The molecule has 32 heavy (non-hydrogen) atoms. The first-order valence-corrected chi connectivity index (χ1v) is 13.3. The molecule has 0 aliphatic heterocycles. The normalized spacial score (nSPS) is 38.5. The molecule has 0 bridgehead atoms. The van der Waals surface area contributed by atoms with Gasteiger partial charge in [-0.05, 0) is 61.9 Å². The van der Waals surface area contributed by atoms with Gasteiger partial charge in [0.1, 0.15) is 11.9 Å². The molecule has 4 aliphatic carbocycles. The van der Waals surface area contributed by atoms with Crippen molar-refractivity contribution in [1.29, 1.82) is 0 Å². The first-order valence-electron chi connectivity index (χ1n) is 13.3. The van der Waals surface area contributed by atoms with Crippen molar-refractivity contribution in [1.82, 2.24) is 0 Å². The summed E-state index contributed by atoms with van der Waals surface area (Å²) in [5.41, 5.74) is 0.913. The Labute approximate surface area is 193 Å². The zero-order chi connectivity index (χ0) is 22.9. The predicted octanol–water partition coefficient (Wildman–Crippen LogP) is 6.36. The number of carbonyl (C=O) groups excluding carboxylic acids is 3. The van der Waals surface area contributed by atoms with E-state index in [1.54, 1.807) is 0 Å². The third-order valence-electron chi connectivity index (χ3n) is 9.64. The molecule has 6 atom stereocenters. The highest BCUT2D eigenvalue weighted by Gasteiger charge is 2.61. The Bertz CT molecular complexity index is 782. The number of carbonyl (C=O) groups is 3. The third kappa shape index (κ3) is 4.23. The minimum atomic E-state index is -0.290. The van der Waals surface area contributed by atoms with Crippen molar-refractivity contribution >= 4 is 17.5 Å². The summed E-state index contributed by atoms with van der Waals surface area (Å²) in [5.74, 6) is 1.07. The molecular weight excluding hydrogens is 400 g/mol. The van der Waals surface area contributed by atoms with Gasteiger partial charge in [0.05, 0.1) is 0 Å². The second-order valence-electron chi connectivity index (χ2n) is 11.5. The number of allylic oxidation sites excluding steroid dienone is 1. The Kier molecular flexibility index (Phi) is 6.98. The molecule has 0 heterocycles. The van der Waals surface area contributed by atoms with Gasteiger partial charge in [-0.15, -0.1) is 0 Å². The molecule has 3 saturated carbocycles. The van der Waals surface area contributed by atoms with E-state index in [0.29, 0.717) is 31.0 Å². The Morgan fingerprint density at radius 1 is 0.969 bits per heavy atom. The van der Waals surface area contributed by atoms with Gasteiger partial charge in [-0.25, -0.2) is 0 Å². The summed E-state index contributed by atoms with van der Waals surface area (Å²) in [6, 6.07) is 0. The molecular formula is C28H42O4. The van der Waals surface area contributed by atoms with Gasteiger partial charge in [-0.3, -0.25) is 14.4 Å². The molecule has 0 spiro atoms. The Morgan fingerprint density at radius 3 is 2.44 bits per heavy atom. The highest BCUT2D eigenvalue weighted by molar-refractivity contribution is 5.96. The molecule has 0 N–H and O–H groups in total. The van der Waals surface area contributed by atoms with Crippen LogP contribution < -0.4 is 0 Å². The van der Waals surface area contributed by atoms with Crippen LogP contribution in [-0.4, -0.2) is 23.6 Å². The number of unbranched alkanes of at least 4 members (excludes halogenated alkanes) is 5. The van der Waals surface area contributed by atoms with Crippen molar-refractivity contribution in [3.63, 3.8) is 0 Å². The average molecular weight is 443 g/mol. The van der Waals surface area contributed by atoms with Gasteiger partial charge in [0.25, 0.3) is 0 Å². The molecule has 4 nitrogen and oxygen atoms in total. The smallest absolute Gasteiger partial charge is 0.306 e. The Morgan fingerprint density at radius 2 is 1.66 bits per heavy atom. The summed E-state index contributed by atoms with van der Waals surface area (Å²) in [5, 5.41) is 0. The molecule has 0 aromatic rings. The van der Waals surface area contributed by atoms with Crippen LogP contribution in [0.15, 0.2) is 11.6 Å². The third-order valence-corrected chi connectivity index (χ3v) is 9.64. The number of Topliss-reactive ketones (excluding diaryl/α,β-unsaturated/α-hetero) is 1. The van der Waals surface area contributed by atoms with Gasteiger partial charge >= 0.3 is 5.97 Å². The summed E-state index contributed by atoms with van der Waals surface area (Å²) in [6.07, 6.45) is 15.3. The monoisotopic (exact) mass is 442 g/mol. The van der Waals surface area contributed by atoms with E-state index in [1.165, 1.54) is 31.3 Å². The first-order chi connectivity index (χ1) is 15.3. The molecule has 4 heteroatoms. The summed E-state index contributed by atoms with van der Waals surface area (Å²) in [6.45, 7) is 6.65. The van der Waals surface area contributed by atoms with E-state index in [-0.39, 0.29) is 40.5 Å². The summed E-state index contributed by atoms with van der Waals surface area (Å²) < 4.78 is 5.85. The SMILES string of the molecule is CCCCCCCCC(=O)O[C@H]1CC[C@@]2(C)C(=CC(=O)C3C2CC[C@]2(C)C(=O)CCC32)C1. The number of rotatable bonds is 8. The van der Waals surface area contributed by atoms with E-state index in [4.69, 9.17) is 4.74 Å². The highest BCUT2D eigenvalue weighted by Crippen LogP contribution is 2.63. The number of hydrogen-bond donors (Lipinski definition) is 0. The standard InChI is InChI=1S/C28H42O4/c1-4-5-6-7-8-9-10-25(31)32-20-13-15-27(2)19(17-20)18-23(29)26-21-11-12-24(30)28(21,3)16-14-22(26)27/h18,20-22,26H,4-17H2,1-3H3/t20-,21?,22?,26?,27-,28-/m0/s1. The second-order valence-corrected chi connectivity index (χ2v) is 11.5. The van der Waals surface area contributed by atoms with Crippen LogP contribution in [0.3, 0.4) is 0 Å². The van der Waals surface area contributed by atoms with E-state index in [1.807, 2.05) is 6.08 Å². The maximum atomic E-state index is 13.3. The van der Waals surface area contributed by atoms with Crippen molar-refractivity contribution in [2.24, 2.45) is 28.6 Å². The number of hydrogen-bond acceptors (Lipinski definition) is 4. The lowest BCUT2D eigenvalue weighted by molar-refractivity contribution is -0.152. The number of ketones is 2. The summed E-state index contributed by atoms with van der Waals surface area (Å²) in [7, 11) is 0. The lowest BCUT2D eigenvalue weighted by Crippen LogP contribution is -2.53. The molecule has 0 aromatic heterocycles. The number of esters is 1. The molecule has 4 rings (SSSR count). The minimum Gasteiger partial charge on any atom is -0.462 e. The predicted molar refractivity (Wildman–Crippen MR) is 125 cm³/mol. The second kappa shape index (κ2) is 9.43. The molecule has 0 amide bonds. The summed E-state index contributed by atoms with van der Waals surface area (Å²) >= 11 is 0. The van der Waals surface area contributed by atoms with Crippen LogP contribution in [0.4, 0.5) is 0 Å². The lowest BCUT2D eigenvalue weighted by Gasteiger charge is -2.56. The van der Waals surface area contributed by atoms with Crippen LogP contribution >= 0.6 is 0 Å². The first kappa shape index (κ1) is 23.7. The lowest BCUT2D eigenvalue weighted by atomic mass is 9.48. The molecule has 0 aromatic carbocycles. The van der Waals surface area contributed by atoms with Gasteiger partial charge in [-0.2, -0.15) is 0 Å². The summed E-state index contributed by atoms with van der Waals surface area (Å²) in [4.78, 5) is 38.3. The maximum absolute atomic E-state index is 13.3. The van der Waals surface area contributed by atoms with E-state index in [2.05, 4.69) is 20.8 Å². The van der Waals surface area contributed by atoms with Crippen LogP contribution in [0.25, 0.3) is 0 Å². The largest absolute Gasteiger partial charge is 0.462 e. The van der Waals surface area contributed by atoms with Gasteiger partial charge in [-0.1, -0.05) is 58.4 Å². The van der Waals surface area contributed by atoms with Crippen LogP contribution in [-0.2, 0) is 19.1 Å². The van der Waals surface area contributed by atoms with Crippen molar-refractivity contribution in [3.05, 3.63) is 11.6 Å². The van der Waals surface area contributed by atoms with Gasteiger partial charge in [0.15, 0.2) is 5.78 Å². The van der Waals surface area contributed by atoms with Gasteiger partial charge in [0, 0.05) is 30.6 Å². The number of ether oxygens (including phenoxy) is 1. The molecule has 0 radical (unpaired) electrons. The minimum absolute atomic E-state index is 0.000702. The zero-order valence-electron chi connectivity index (χ0n) is 20.4. The van der Waals surface area contributed by atoms with Crippen LogP contribution in [0.1, 0.15) is 111 Å². The number of fused-ring (bicyclic) bond motifs is 5. The van der Waals surface area contributed by atoms with Crippen molar-refractivity contribution < 1.29 is 19.1 Å². The van der Waals surface area contributed by atoms with Crippen LogP contribution in [0.2, 0.25) is 0 Å². The van der Waals surface area contributed by atoms with Crippen molar-refractivity contribution in [2.75, 3.05) is 0 Å². The maximum Gasteiger partial charge on any atom is 0.306 e. The van der Waals surface area contributed by atoms with Gasteiger partial charge in [0.2, 0.25) is 0 Å². The van der Waals surface area contributed by atoms with Crippen molar-refractivity contribution in [3.8, 4) is 0 Å². The zero-order valence-corrected chi connectivity index (χ0v) is 20.4. The molecule has 4 aliphatic rings. The topological polar surface area (TPSA) is 60.4 Å². The fraction of sp³-hybridized carbons (Fsp3) is 0.821. The van der Waals surface area contributed by atoms with E-state index in [9.17, 15) is 14.4 Å². The quantitative estimate of drug-likeness (QED) is 0.324. The van der Waals surface area contributed by atoms with Gasteiger partial charge < -0.3 is 4.74 Å². The molecule has 3 fully saturated rings. The Balaban J connectivity index is 1.36. The van der Waals surface area contributed by atoms with E-state index in [0.717, 1.165) is 44.9 Å². The van der Waals surface area contributed by atoms with E-state index < -0.39 is 0 Å².